The molecule has 1 aromatic carbocycles. The highest BCUT2D eigenvalue weighted by Gasteiger charge is 2.41. The molecule has 2 aromatic rings. The number of dihydropyridines is 1. The SMILES string of the molecule is COC1=CCC=C2C(C)=NC(O)(OC)C(Cc3cnc4cccc(OC)c4c3)=C12.Cl.Cl. The second-order valence-electron chi connectivity index (χ2n) is 7.04. The van der Waals surface area contributed by atoms with Gasteiger partial charge < -0.3 is 19.3 Å². The van der Waals surface area contributed by atoms with Crippen LogP contribution in [0.4, 0.5) is 0 Å². The summed E-state index contributed by atoms with van der Waals surface area (Å²) in [6.45, 7) is 1.87. The number of hydrogen-bond donors (Lipinski definition) is 1. The molecule has 0 saturated heterocycles. The molecule has 1 atom stereocenters. The van der Waals surface area contributed by atoms with Crippen molar-refractivity contribution in [2.24, 2.45) is 4.99 Å². The Bertz CT molecular complexity index is 1110. The first-order valence-corrected chi connectivity index (χ1v) is 9.45. The monoisotopic (exact) mass is 464 g/mol. The molecular weight excluding hydrogens is 439 g/mol. The van der Waals surface area contributed by atoms with Crippen molar-refractivity contribution >= 4 is 41.4 Å². The van der Waals surface area contributed by atoms with Crippen molar-refractivity contribution in [2.45, 2.75) is 25.7 Å². The Labute approximate surface area is 194 Å². The summed E-state index contributed by atoms with van der Waals surface area (Å²) in [6, 6.07) is 7.79. The molecular formula is C23H26Cl2N2O4. The summed E-state index contributed by atoms with van der Waals surface area (Å²) in [4.78, 5) is 9.02. The normalized spacial score (nSPS) is 20.0. The van der Waals surface area contributed by atoms with Crippen LogP contribution in [0, 0.1) is 0 Å². The smallest absolute Gasteiger partial charge is 0.292 e. The molecule has 0 saturated carbocycles. The van der Waals surface area contributed by atoms with E-state index in [4.69, 9.17) is 14.2 Å². The van der Waals surface area contributed by atoms with Gasteiger partial charge in [-0.05, 0) is 43.2 Å². The van der Waals surface area contributed by atoms with Gasteiger partial charge in [0.25, 0.3) is 5.91 Å². The van der Waals surface area contributed by atoms with E-state index in [9.17, 15) is 5.11 Å². The molecule has 6 nitrogen and oxygen atoms in total. The Kier molecular flexibility index (Phi) is 7.89. The Morgan fingerprint density at radius 1 is 1.10 bits per heavy atom. The maximum absolute atomic E-state index is 11.2. The Balaban J connectivity index is 0.00000171. The number of ether oxygens (including phenoxy) is 3. The van der Waals surface area contributed by atoms with E-state index in [1.807, 2.05) is 37.3 Å². The molecule has 166 valence electrons. The predicted molar refractivity (Wildman–Crippen MR) is 126 cm³/mol. The molecule has 1 N–H and O–H groups in total. The molecule has 1 aromatic heterocycles. The molecule has 0 spiro atoms. The third-order valence-electron chi connectivity index (χ3n) is 5.39. The summed E-state index contributed by atoms with van der Waals surface area (Å²) in [5.41, 5.74) is 4.90. The van der Waals surface area contributed by atoms with Gasteiger partial charge in [0.1, 0.15) is 11.5 Å². The van der Waals surface area contributed by atoms with Gasteiger partial charge in [-0.2, -0.15) is 0 Å². The highest BCUT2D eigenvalue weighted by molar-refractivity contribution is 6.05. The lowest BCUT2D eigenvalue weighted by atomic mass is 9.84. The first kappa shape index (κ1) is 24.9. The van der Waals surface area contributed by atoms with Crippen LogP contribution in [0.25, 0.3) is 10.9 Å². The van der Waals surface area contributed by atoms with Crippen molar-refractivity contribution in [3.8, 4) is 5.75 Å². The second-order valence-corrected chi connectivity index (χ2v) is 7.04. The average Bonchev–Trinajstić information content (AvgIpc) is 2.75. The van der Waals surface area contributed by atoms with E-state index in [1.165, 1.54) is 7.11 Å². The number of hydrogen-bond acceptors (Lipinski definition) is 6. The molecule has 0 fully saturated rings. The molecule has 4 rings (SSSR count). The molecule has 1 aliphatic heterocycles. The largest absolute Gasteiger partial charge is 0.496 e. The van der Waals surface area contributed by atoms with Gasteiger partial charge in [0.15, 0.2) is 0 Å². The zero-order valence-corrected chi connectivity index (χ0v) is 19.5. The summed E-state index contributed by atoms with van der Waals surface area (Å²) >= 11 is 0. The van der Waals surface area contributed by atoms with Gasteiger partial charge >= 0.3 is 0 Å². The fraction of sp³-hybridized carbons (Fsp3) is 0.304. The highest BCUT2D eigenvalue weighted by Crippen LogP contribution is 2.41. The minimum Gasteiger partial charge on any atom is -0.496 e. The molecule has 1 unspecified atom stereocenters. The third-order valence-corrected chi connectivity index (χ3v) is 5.39. The molecule has 1 aliphatic carbocycles. The molecule has 0 bridgehead atoms. The number of nitrogens with zero attached hydrogens (tertiary/aromatic N) is 2. The fourth-order valence-electron chi connectivity index (χ4n) is 3.98. The average molecular weight is 465 g/mol. The van der Waals surface area contributed by atoms with E-state index in [2.05, 4.69) is 16.1 Å². The lowest BCUT2D eigenvalue weighted by Gasteiger charge is -2.35. The van der Waals surface area contributed by atoms with Crippen LogP contribution in [-0.2, 0) is 15.9 Å². The van der Waals surface area contributed by atoms with Crippen LogP contribution in [0.2, 0.25) is 0 Å². The van der Waals surface area contributed by atoms with Crippen molar-refractivity contribution in [1.82, 2.24) is 4.98 Å². The molecule has 0 radical (unpaired) electrons. The summed E-state index contributed by atoms with van der Waals surface area (Å²) in [5.74, 6) is -0.292. The summed E-state index contributed by atoms with van der Waals surface area (Å²) in [7, 11) is 4.73. The molecule has 0 amide bonds. The van der Waals surface area contributed by atoms with Crippen molar-refractivity contribution in [1.29, 1.82) is 0 Å². The van der Waals surface area contributed by atoms with Gasteiger partial charge in [0, 0.05) is 47.5 Å². The Hall–Kier alpha value is -2.38. The standard InChI is InChI=1S/C23H24N2O4.2ClH/c1-14-16-7-5-10-21(28-3)22(16)18(23(26,25-14)29-4)12-15-11-17-19(24-13-15)8-6-9-20(17)27-2;;/h6-11,13,26H,5,12H2,1-4H3;2*1H. The van der Waals surface area contributed by atoms with Gasteiger partial charge in [-0.1, -0.05) is 12.1 Å². The van der Waals surface area contributed by atoms with Crippen LogP contribution in [0.15, 0.2) is 70.1 Å². The van der Waals surface area contributed by atoms with Gasteiger partial charge in [-0.15, -0.1) is 24.8 Å². The maximum atomic E-state index is 11.2. The van der Waals surface area contributed by atoms with E-state index in [0.717, 1.165) is 39.8 Å². The lowest BCUT2D eigenvalue weighted by molar-refractivity contribution is -0.150. The quantitative estimate of drug-likeness (QED) is 0.656. The van der Waals surface area contributed by atoms with Crippen molar-refractivity contribution in [2.75, 3.05) is 21.3 Å². The molecule has 2 aliphatic rings. The minimum absolute atomic E-state index is 0. The number of pyridine rings is 1. The Morgan fingerprint density at radius 3 is 2.55 bits per heavy atom. The van der Waals surface area contributed by atoms with Gasteiger partial charge in [0.2, 0.25) is 0 Å². The van der Waals surface area contributed by atoms with Gasteiger partial charge in [-0.25, -0.2) is 4.99 Å². The van der Waals surface area contributed by atoms with E-state index < -0.39 is 5.91 Å². The zero-order chi connectivity index (χ0) is 20.6. The summed E-state index contributed by atoms with van der Waals surface area (Å²) in [6.07, 6.45) is 7.04. The van der Waals surface area contributed by atoms with Crippen LogP contribution < -0.4 is 4.74 Å². The van der Waals surface area contributed by atoms with Gasteiger partial charge in [-0.3, -0.25) is 4.98 Å². The number of benzene rings is 1. The number of allylic oxidation sites excluding steroid dienone is 3. The van der Waals surface area contributed by atoms with Crippen LogP contribution in [-0.4, -0.2) is 43.0 Å². The van der Waals surface area contributed by atoms with Gasteiger partial charge in [0.05, 0.1) is 19.7 Å². The minimum atomic E-state index is -1.76. The molecule has 31 heavy (non-hydrogen) atoms. The van der Waals surface area contributed by atoms with E-state index in [1.54, 1.807) is 20.4 Å². The van der Waals surface area contributed by atoms with Crippen LogP contribution in [0.5, 0.6) is 5.75 Å². The number of rotatable bonds is 5. The zero-order valence-electron chi connectivity index (χ0n) is 17.8. The van der Waals surface area contributed by atoms with Crippen LogP contribution in [0.1, 0.15) is 18.9 Å². The highest BCUT2D eigenvalue weighted by atomic mass is 35.5. The first-order chi connectivity index (χ1) is 14.0. The summed E-state index contributed by atoms with van der Waals surface area (Å²) in [5, 5.41) is 12.1. The first-order valence-electron chi connectivity index (χ1n) is 9.45. The number of aliphatic hydroxyl groups is 1. The van der Waals surface area contributed by atoms with E-state index >= 15 is 0 Å². The number of aliphatic imine (C=N–C) groups is 1. The maximum Gasteiger partial charge on any atom is 0.292 e. The molecule has 8 heteroatoms. The van der Waals surface area contributed by atoms with Crippen LogP contribution >= 0.6 is 24.8 Å². The fourth-order valence-corrected chi connectivity index (χ4v) is 3.98. The van der Waals surface area contributed by atoms with E-state index in [0.29, 0.717) is 23.5 Å². The summed E-state index contributed by atoms with van der Waals surface area (Å²) < 4.78 is 16.6. The van der Waals surface area contributed by atoms with Crippen molar-refractivity contribution < 1.29 is 19.3 Å². The second kappa shape index (κ2) is 9.83. The number of fused-ring (bicyclic) bond motifs is 2. The predicted octanol–water partition coefficient (Wildman–Crippen LogP) is 4.55. The van der Waals surface area contributed by atoms with E-state index in [-0.39, 0.29) is 24.8 Å². The Morgan fingerprint density at radius 2 is 1.87 bits per heavy atom. The third kappa shape index (κ3) is 4.34. The topological polar surface area (TPSA) is 73.2 Å². The lowest BCUT2D eigenvalue weighted by Crippen LogP contribution is -2.38. The van der Waals surface area contributed by atoms with Crippen molar-refractivity contribution in [3.05, 3.63) is 70.7 Å². The number of methoxy groups -OCH3 is 3. The molecule has 2 heterocycles. The van der Waals surface area contributed by atoms with Crippen LogP contribution in [0.3, 0.4) is 0 Å². The van der Waals surface area contributed by atoms with Crippen molar-refractivity contribution in [3.63, 3.8) is 0 Å². The number of halogens is 2. The number of aromatic nitrogens is 1.